The van der Waals surface area contributed by atoms with Crippen molar-refractivity contribution in [3.63, 3.8) is 0 Å². The van der Waals surface area contributed by atoms with E-state index >= 15 is 0 Å². The summed E-state index contributed by atoms with van der Waals surface area (Å²) in [6, 6.07) is 6.02. The van der Waals surface area contributed by atoms with Gasteiger partial charge in [-0.3, -0.25) is 9.69 Å². The minimum absolute atomic E-state index is 0.0866. The Bertz CT molecular complexity index is 949. The van der Waals surface area contributed by atoms with Crippen LogP contribution >= 0.6 is 0 Å². The molecular weight excluding hydrogens is 427 g/mol. The van der Waals surface area contributed by atoms with E-state index in [1.54, 1.807) is 17.0 Å². The zero-order chi connectivity index (χ0) is 22.7. The number of anilines is 2. The molecule has 1 aromatic heterocycles. The molecule has 0 unspecified atom stereocenters. The monoisotopic (exact) mass is 450 g/mol. The first-order valence-electron chi connectivity index (χ1n) is 10.1. The molecule has 11 nitrogen and oxygen atoms in total. The van der Waals surface area contributed by atoms with Crippen LogP contribution in [0.2, 0.25) is 0 Å². The van der Waals surface area contributed by atoms with E-state index in [0.717, 1.165) is 0 Å². The number of hydrogen-bond acceptors (Lipinski definition) is 9. The SMILES string of the molecule is O=C([C@H](O)CO)N1CCN(c2ccc(N3C[C@H](COc4ccon4)OC3=O)cc2F)CC1. The minimum Gasteiger partial charge on any atom is -0.471 e. The molecule has 0 aliphatic carbocycles. The molecule has 2 aliphatic rings. The Kier molecular flexibility index (Phi) is 6.42. The van der Waals surface area contributed by atoms with Gasteiger partial charge in [0.1, 0.15) is 18.7 Å². The second-order valence-electron chi connectivity index (χ2n) is 7.41. The molecule has 0 spiro atoms. The van der Waals surface area contributed by atoms with Gasteiger partial charge in [-0.25, -0.2) is 9.18 Å². The highest BCUT2D eigenvalue weighted by molar-refractivity contribution is 5.90. The topological polar surface area (TPSA) is 129 Å². The Morgan fingerprint density at radius 3 is 2.72 bits per heavy atom. The number of aromatic nitrogens is 1. The number of carbonyl (C=O) groups is 2. The van der Waals surface area contributed by atoms with Gasteiger partial charge < -0.3 is 34.0 Å². The van der Waals surface area contributed by atoms with Gasteiger partial charge in [0.2, 0.25) is 0 Å². The second kappa shape index (κ2) is 9.40. The molecular formula is C20H23FN4O7. The van der Waals surface area contributed by atoms with E-state index in [1.807, 2.05) is 0 Å². The van der Waals surface area contributed by atoms with Crippen molar-refractivity contribution in [2.24, 2.45) is 0 Å². The lowest BCUT2D eigenvalue weighted by atomic mass is 10.2. The van der Waals surface area contributed by atoms with Crippen molar-refractivity contribution in [2.75, 3.05) is 55.7 Å². The number of amides is 2. The molecule has 2 saturated heterocycles. The number of carbonyl (C=O) groups excluding carboxylic acids is 2. The summed E-state index contributed by atoms with van der Waals surface area (Å²) in [7, 11) is 0. The van der Waals surface area contributed by atoms with Crippen molar-refractivity contribution in [1.29, 1.82) is 0 Å². The Hall–Kier alpha value is -3.38. The van der Waals surface area contributed by atoms with E-state index in [9.17, 15) is 19.1 Å². The zero-order valence-electron chi connectivity index (χ0n) is 17.1. The van der Waals surface area contributed by atoms with Gasteiger partial charge in [-0.05, 0) is 23.4 Å². The summed E-state index contributed by atoms with van der Waals surface area (Å²) < 4.78 is 30.2. The molecule has 1 aromatic carbocycles. The van der Waals surface area contributed by atoms with Gasteiger partial charge in [0.15, 0.2) is 12.2 Å². The number of ether oxygens (including phenoxy) is 2. The Morgan fingerprint density at radius 1 is 1.28 bits per heavy atom. The molecule has 172 valence electrons. The van der Waals surface area contributed by atoms with Crippen LogP contribution in [0.15, 0.2) is 35.1 Å². The van der Waals surface area contributed by atoms with Gasteiger partial charge in [0.25, 0.3) is 11.8 Å². The maximum absolute atomic E-state index is 14.9. The smallest absolute Gasteiger partial charge is 0.414 e. The van der Waals surface area contributed by atoms with Crippen LogP contribution in [0, 0.1) is 5.82 Å². The van der Waals surface area contributed by atoms with E-state index in [1.165, 1.54) is 28.2 Å². The van der Waals surface area contributed by atoms with Crippen molar-refractivity contribution in [2.45, 2.75) is 12.2 Å². The van der Waals surface area contributed by atoms with Crippen molar-refractivity contribution < 1.29 is 38.2 Å². The van der Waals surface area contributed by atoms with Crippen LogP contribution in [0.3, 0.4) is 0 Å². The lowest BCUT2D eigenvalue weighted by molar-refractivity contribution is -0.142. The van der Waals surface area contributed by atoms with E-state index in [4.69, 9.17) is 14.6 Å². The second-order valence-corrected chi connectivity index (χ2v) is 7.41. The number of rotatable bonds is 7. The lowest BCUT2D eigenvalue weighted by Gasteiger charge is -2.37. The van der Waals surface area contributed by atoms with Crippen LogP contribution < -0.4 is 14.5 Å². The van der Waals surface area contributed by atoms with Crippen LogP contribution in [0.5, 0.6) is 5.88 Å². The number of aliphatic hydroxyl groups is 2. The number of hydrogen-bond donors (Lipinski definition) is 2. The molecule has 32 heavy (non-hydrogen) atoms. The normalized spacial score (nSPS) is 19.8. The highest BCUT2D eigenvalue weighted by Crippen LogP contribution is 2.28. The van der Waals surface area contributed by atoms with Gasteiger partial charge >= 0.3 is 6.09 Å². The molecule has 3 heterocycles. The molecule has 2 N–H and O–H groups in total. The third-order valence-corrected chi connectivity index (χ3v) is 5.34. The standard InChI is InChI=1S/C20H23FN4O7/c21-15-9-13(25-10-14(32-20(25)29)12-30-18-3-8-31-22-18)1-2-16(15)23-4-6-24(7-5-23)19(28)17(27)11-26/h1-3,8-9,14,17,26-27H,4-7,10-12H2/t14-,17-/m1/s1. The van der Waals surface area contributed by atoms with Gasteiger partial charge in [-0.1, -0.05) is 0 Å². The van der Waals surface area contributed by atoms with Gasteiger partial charge in [0, 0.05) is 32.2 Å². The summed E-state index contributed by atoms with van der Waals surface area (Å²) in [6.45, 7) is 0.972. The molecule has 2 fully saturated rings. The molecule has 2 aromatic rings. The average molecular weight is 450 g/mol. The van der Waals surface area contributed by atoms with Crippen molar-refractivity contribution >= 4 is 23.4 Å². The van der Waals surface area contributed by atoms with Crippen molar-refractivity contribution in [3.05, 3.63) is 36.3 Å². The molecule has 2 atom stereocenters. The molecule has 0 radical (unpaired) electrons. The van der Waals surface area contributed by atoms with Crippen LogP contribution in [0.1, 0.15) is 0 Å². The summed E-state index contributed by atoms with van der Waals surface area (Å²) >= 11 is 0. The molecule has 4 rings (SSSR count). The fraction of sp³-hybridized carbons (Fsp3) is 0.450. The van der Waals surface area contributed by atoms with Crippen LogP contribution in [-0.2, 0) is 9.53 Å². The highest BCUT2D eigenvalue weighted by atomic mass is 19.1. The minimum atomic E-state index is -1.44. The number of aliphatic hydroxyl groups excluding tert-OH is 2. The number of piperazine rings is 1. The predicted octanol–water partition coefficient (Wildman–Crippen LogP) is 0.220. The molecule has 0 saturated carbocycles. The molecule has 2 amide bonds. The first-order valence-corrected chi connectivity index (χ1v) is 10.1. The molecule has 12 heteroatoms. The van der Waals surface area contributed by atoms with Crippen LogP contribution in [0.25, 0.3) is 0 Å². The highest BCUT2D eigenvalue weighted by Gasteiger charge is 2.34. The fourth-order valence-electron chi connectivity index (χ4n) is 3.65. The van der Waals surface area contributed by atoms with Gasteiger partial charge in [-0.2, -0.15) is 0 Å². The van der Waals surface area contributed by atoms with E-state index < -0.39 is 36.6 Å². The number of cyclic esters (lactones) is 1. The lowest BCUT2D eigenvalue weighted by Crippen LogP contribution is -2.52. The van der Waals surface area contributed by atoms with E-state index in [-0.39, 0.29) is 19.0 Å². The maximum atomic E-state index is 14.9. The quantitative estimate of drug-likeness (QED) is 0.609. The van der Waals surface area contributed by atoms with Gasteiger partial charge in [0.05, 0.1) is 24.5 Å². The van der Waals surface area contributed by atoms with Crippen molar-refractivity contribution in [1.82, 2.24) is 10.1 Å². The Balaban J connectivity index is 1.35. The first-order chi connectivity index (χ1) is 15.5. The largest absolute Gasteiger partial charge is 0.471 e. The van der Waals surface area contributed by atoms with Crippen molar-refractivity contribution in [3.8, 4) is 5.88 Å². The fourth-order valence-corrected chi connectivity index (χ4v) is 3.65. The van der Waals surface area contributed by atoms with Gasteiger partial charge in [-0.15, -0.1) is 0 Å². The zero-order valence-corrected chi connectivity index (χ0v) is 17.1. The summed E-state index contributed by atoms with van der Waals surface area (Å²) in [6.07, 6.45) is -1.21. The predicted molar refractivity (Wildman–Crippen MR) is 108 cm³/mol. The first kappa shape index (κ1) is 21.8. The third-order valence-electron chi connectivity index (χ3n) is 5.34. The Labute approximate surface area is 182 Å². The Morgan fingerprint density at radius 2 is 2.06 bits per heavy atom. The maximum Gasteiger partial charge on any atom is 0.414 e. The molecule has 2 aliphatic heterocycles. The number of nitrogens with zero attached hydrogens (tertiary/aromatic N) is 4. The number of halogens is 1. The summed E-state index contributed by atoms with van der Waals surface area (Å²) in [5.74, 6) is -0.770. The summed E-state index contributed by atoms with van der Waals surface area (Å²) in [5.41, 5.74) is 0.710. The summed E-state index contributed by atoms with van der Waals surface area (Å²) in [5, 5.41) is 22.0. The molecule has 0 bridgehead atoms. The summed E-state index contributed by atoms with van der Waals surface area (Å²) in [4.78, 5) is 28.7. The van der Waals surface area contributed by atoms with E-state index in [0.29, 0.717) is 37.6 Å². The third kappa shape index (κ3) is 4.60. The average Bonchev–Trinajstić information content (AvgIpc) is 3.46. The van der Waals surface area contributed by atoms with Crippen LogP contribution in [-0.4, -0.2) is 90.4 Å². The van der Waals surface area contributed by atoms with E-state index in [2.05, 4.69) is 9.68 Å². The number of benzene rings is 1. The van der Waals surface area contributed by atoms with Crippen LogP contribution in [0.4, 0.5) is 20.6 Å².